The minimum absolute atomic E-state index is 0.500. The largest absolute Gasteiger partial charge is 0.314 e. The zero-order chi connectivity index (χ0) is 14.4. The van der Waals surface area contributed by atoms with Gasteiger partial charge in [0.1, 0.15) is 6.71 Å². The van der Waals surface area contributed by atoms with Crippen LogP contribution in [0.5, 0.6) is 0 Å². The Kier molecular flexibility index (Phi) is 15.1. The second kappa shape index (κ2) is 13.4. The maximum atomic E-state index is 5.13. The SMILES string of the molecule is CC(C)(N)N.CCCCB(CCCC)CCCC. The molecule has 0 atom stereocenters. The molecule has 0 heterocycles. The Hall–Kier alpha value is -0.0151. The van der Waals surface area contributed by atoms with Gasteiger partial charge in [0.15, 0.2) is 0 Å². The third kappa shape index (κ3) is 25.0. The zero-order valence-corrected chi connectivity index (χ0v) is 13.6. The third-order valence-electron chi connectivity index (χ3n) is 2.90. The lowest BCUT2D eigenvalue weighted by Crippen LogP contribution is -2.42. The summed E-state index contributed by atoms with van der Waals surface area (Å²) in [6.07, 6.45) is 12.9. The Labute approximate surface area is 116 Å². The van der Waals surface area contributed by atoms with Gasteiger partial charge in [-0.25, -0.2) is 0 Å². The molecule has 0 unspecified atom stereocenters. The van der Waals surface area contributed by atoms with Crippen molar-refractivity contribution >= 4 is 6.71 Å². The van der Waals surface area contributed by atoms with Crippen molar-refractivity contribution in [1.82, 2.24) is 0 Å². The normalized spacial score (nSPS) is 10.8. The molecule has 0 aromatic rings. The van der Waals surface area contributed by atoms with E-state index in [9.17, 15) is 0 Å². The Bertz CT molecular complexity index is 130. The summed E-state index contributed by atoms with van der Waals surface area (Å²) in [7, 11) is 0. The molecular formula is C15H37BN2. The first-order valence-electron chi connectivity index (χ1n) is 7.92. The zero-order valence-electron chi connectivity index (χ0n) is 13.6. The number of nitrogens with two attached hydrogens (primary N) is 2. The minimum atomic E-state index is -0.500. The van der Waals surface area contributed by atoms with Crippen LogP contribution in [0.3, 0.4) is 0 Å². The van der Waals surface area contributed by atoms with Crippen LogP contribution in [0.1, 0.15) is 73.1 Å². The fraction of sp³-hybridized carbons (Fsp3) is 1.00. The van der Waals surface area contributed by atoms with E-state index in [-0.39, 0.29) is 0 Å². The molecule has 0 aromatic carbocycles. The van der Waals surface area contributed by atoms with E-state index in [1.807, 2.05) is 0 Å². The molecule has 0 radical (unpaired) electrons. The summed E-state index contributed by atoms with van der Waals surface area (Å²) < 4.78 is 0. The van der Waals surface area contributed by atoms with E-state index >= 15 is 0 Å². The maximum Gasteiger partial charge on any atom is 0.139 e. The Morgan fingerprint density at radius 3 is 1.11 bits per heavy atom. The van der Waals surface area contributed by atoms with Crippen LogP contribution in [0.15, 0.2) is 0 Å². The van der Waals surface area contributed by atoms with Gasteiger partial charge in [-0.2, -0.15) is 0 Å². The van der Waals surface area contributed by atoms with Crippen molar-refractivity contribution < 1.29 is 0 Å². The smallest absolute Gasteiger partial charge is 0.139 e. The molecule has 0 aliphatic rings. The quantitative estimate of drug-likeness (QED) is 0.470. The highest BCUT2D eigenvalue weighted by Crippen LogP contribution is 2.16. The van der Waals surface area contributed by atoms with Crippen molar-refractivity contribution in [2.24, 2.45) is 11.5 Å². The lowest BCUT2D eigenvalue weighted by molar-refractivity contribution is 0.547. The molecule has 0 saturated heterocycles. The third-order valence-corrected chi connectivity index (χ3v) is 2.90. The number of hydrogen-bond acceptors (Lipinski definition) is 2. The molecule has 0 fully saturated rings. The lowest BCUT2D eigenvalue weighted by atomic mass is 9.41. The summed E-state index contributed by atoms with van der Waals surface area (Å²) in [6, 6.07) is 0. The van der Waals surface area contributed by atoms with Gasteiger partial charge in [-0.3, -0.25) is 0 Å². The first kappa shape index (κ1) is 20.3. The van der Waals surface area contributed by atoms with Gasteiger partial charge in [-0.15, -0.1) is 0 Å². The Morgan fingerprint density at radius 2 is 0.944 bits per heavy atom. The minimum Gasteiger partial charge on any atom is -0.314 e. The van der Waals surface area contributed by atoms with Crippen LogP contribution < -0.4 is 11.5 Å². The van der Waals surface area contributed by atoms with E-state index in [0.29, 0.717) is 0 Å². The van der Waals surface area contributed by atoms with Crippen molar-refractivity contribution in [3.63, 3.8) is 0 Å². The highest BCUT2D eigenvalue weighted by molar-refractivity contribution is 6.58. The van der Waals surface area contributed by atoms with Crippen LogP contribution in [0.2, 0.25) is 19.0 Å². The fourth-order valence-corrected chi connectivity index (χ4v) is 1.91. The number of unbranched alkanes of at least 4 members (excludes halogenated alkanes) is 3. The molecule has 4 N–H and O–H groups in total. The van der Waals surface area contributed by atoms with Crippen LogP contribution in [0, 0.1) is 0 Å². The van der Waals surface area contributed by atoms with E-state index in [4.69, 9.17) is 11.5 Å². The van der Waals surface area contributed by atoms with Gasteiger partial charge in [-0.05, 0) is 13.8 Å². The van der Waals surface area contributed by atoms with E-state index in [2.05, 4.69) is 20.8 Å². The van der Waals surface area contributed by atoms with Crippen LogP contribution >= 0.6 is 0 Å². The summed E-state index contributed by atoms with van der Waals surface area (Å²) in [6.45, 7) is 11.4. The first-order chi connectivity index (χ1) is 8.35. The van der Waals surface area contributed by atoms with Gasteiger partial charge in [0.2, 0.25) is 0 Å². The molecule has 0 aliphatic heterocycles. The average Bonchev–Trinajstić information content (AvgIpc) is 2.26. The van der Waals surface area contributed by atoms with Crippen molar-refractivity contribution in [3.05, 3.63) is 0 Å². The predicted octanol–water partition coefficient (Wildman–Crippen LogP) is 4.52. The molecular weight excluding hydrogens is 219 g/mol. The second-order valence-electron chi connectivity index (χ2n) is 6.11. The number of rotatable bonds is 9. The molecule has 0 spiro atoms. The summed E-state index contributed by atoms with van der Waals surface area (Å²) >= 11 is 0. The Morgan fingerprint density at radius 1 is 0.722 bits per heavy atom. The summed E-state index contributed by atoms with van der Waals surface area (Å²) in [5, 5.41) is 0. The average molecular weight is 256 g/mol. The Balaban J connectivity index is 0. The van der Waals surface area contributed by atoms with Crippen LogP contribution in [0.25, 0.3) is 0 Å². The van der Waals surface area contributed by atoms with Crippen molar-refractivity contribution in [2.45, 2.75) is 97.8 Å². The van der Waals surface area contributed by atoms with Gasteiger partial charge in [0.25, 0.3) is 0 Å². The van der Waals surface area contributed by atoms with Gasteiger partial charge in [-0.1, -0.05) is 78.3 Å². The van der Waals surface area contributed by atoms with E-state index < -0.39 is 5.66 Å². The fourth-order valence-electron chi connectivity index (χ4n) is 1.91. The summed E-state index contributed by atoms with van der Waals surface area (Å²) in [5.74, 6) is 0. The van der Waals surface area contributed by atoms with Crippen molar-refractivity contribution in [3.8, 4) is 0 Å². The van der Waals surface area contributed by atoms with Crippen LogP contribution in [0.4, 0.5) is 0 Å². The lowest BCUT2D eigenvalue weighted by Gasteiger charge is -2.11. The molecule has 0 aliphatic carbocycles. The molecule has 0 amide bonds. The van der Waals surface area contributed by atoms with Crippen molar-refractivity contribution in [2.75, 3.05) is 0 Å². The van der Waals surface area contributed by atoms with E-state index in [1.165, 1.54) is 57.5 Å². The summed E-state index contributed by atoms with van der Waals surface area (Å²) in [4.78, 5) is 0. The summed E-state index contributed by atoms with van der Waals surface area (Å²) in [5.41, 5.74) is 9.76. The maximum absolute atomic E-state index is 5.13. The first-order valence-corrected chi connectivity index (χ1v) is 7.92. The van der Waals surface area contributed by atoms with Crippen LogP contribution in [-0.4, -0.2) is 12.4 Å². The second-order valence-corrected chi connectivity index (χ2v) is 6.11. The molecule has 18 heavy (non-hydrogen) atoms. The highest BCUT2D eigenvalue weighted by atomic mass is 14.9. The monoisotopic (exact) mass is 256 g/mol. The topological polar surface area (TPSA) is 52.0 Å². The van der Waals surface area contributed by atoms with Gasteiger partial charge < -0.3 is 11.5 Å². The molecule has 3 heteroatoms. The van der Waals surface area contributed by atoms with Gasteiger partial charge in [0, 0.05) is 0 Å². The molecule has 0 rings (SSSR count). The van der Waals surface area contributed by atoms with E-state index in [1.54, 1.807) is 13.8 Å². The van der Waals surface area contributed by atoms with Gasteiger partial charge >= 0.3 is 0 Å². The molecule has 2 nitrogen and oxygen atoms in total. The van der Waals surface area contributed by atoms with Crippen molar-refractivity contribution in [1.29, 1.82) is 0 Å². The van der Waals surface area contributed by atoms with Crippen LogP contribution in [-0.2, 0) is 0 Å². The molecule has 110 valence electrons. The van der Waals surface area contributed by atoms with E-state index in [0.717, 1.165) is 6.71 Å². The highest BCUT2D eigenvalue weighted by Gasteiger charge is 2.10. The molecule has 0 saturated carbocycles. The molecule has 0 bridgehead atoms. The predicted molar refractivity (Wildman–Crippen MR) is 87.4 cm³/mol. The standard InChI is InChI=1S/C12H27B.C3H10N2/c1-4-7-10-13(11-8-5-2)12-9-6-3;1-3(2,4)5/h4-12H2,1-3H3;4-5H2,1-2H3. The number of hydrogen-bond donors (Lipinski definition) is 2. The molecule has 0 aromatic heterocycles. The van der Waals surface area contributed by atoms with Gasteiger partial charge in [0.05, 0.1) is 5.66 Å².